The van der Waals surface area contributed by atoms with Crippen LogP contribution in [0.15, 0.2) is 18.2 Å². The van der Waals surface area contributed by atoms with Crippen molar-refractivity contribution < 1.29 is 9.53 Å². The molecule has 1 aliphatic rings. The average molecular weight is 277 g/mol. The van der Waals surface area contributed by atoms with Gasteiger partial charge in [0.25, 0.3) is 0 Å². The molecule has 1 aliphatic heterocycles. The molecule has 5 heteroatoms. The predicted octanol–water partition coefficient (Wildman–Crippen LogP) is 1.59. The third-order valence-electron chi connectivity index (χ3n) is 3.82. The Balaban J connectivity index is 2.29. The van der Waals surface area contributed by atoms with Crippen LogP contribution < -0.4 is 10.6 Å². The second kappa shape index (κ2) is 6.13. The first kappa shape index (κ1) is 14.7. The summed E-state index contributed by atoms with van der Waals surface area (Å²) in [5, 5.41) is 0. The number of esters is 1. The van der Waals surface area contributed by atoms with Gasteiger partial charge in [0.2, 0.25) is 0 Å². The van der Waals surface area contributed by atoms with Gasteiger partial charge in [0.1, 0.15) is 0 Å². The van der Waals surface area contributed by atoms with Gasteiger partial charge in [-0.25, -0.2) is 4.79 Å². The summed E-state index contributed by atoms with van der Waals surface area (Å²) in [6, 6.07) is 5.91. The molecule has 2 N–H and O–H groups in total. The molecule has 5 nitrogen and oxygen atoms in total. The quantitative estimate of drug-likeness (QED) is 0.671. The summed E-state index contributed by atoms with van der Waals surface area (Å²) in [6.45, 7) is 7.14. The molecular weight excluding hydrogens is 254 g/mol. The fraction of sp³-hybridized carbons (Fsp3) is 0.533. The largest absolute Gasteiger partial charge is 0.462 e. The monoisotopic (exact) mass is 277 g/mol. The van der Waals surface area contributed by atoms with E-state index < -0.39 is 0 Å². The minimum Gasteiger partial charge on any atom is -0.462 e. The van der Waals surface area contributed by atoms with E-state index in [4.69, 9.17) is 10.5 Å². The Hall–Kier alpha value is -1.75. The van der Waals surface area contributed by atoms with Crippen molar-refractivity contribution in [2.75, 3.05) is 43.9 Å². The zero-order valence-corrected chi connectivity index (χ0v) is 12.4. The van der Waals surface area contributed by atoms with Gasteiger partial charge in [0.15, 0.2) is 0 Å². The van der Waals surface area contributed by atoms with Gasteiger partial charge in [-0.05, 0) is 39.1 Å². The summed E-state index contributed by atoms with van der Waals surface area (Å²) < 4.78 is 5.13. The molecule has 1 heterocycles. The van der Waals surface area contributed by atoms with Gasteiger partial charge in [-0.2, -0.15) is 0 Å². The lowest BCUT2D eigenvalue weighted by Gasteiger charge is -2.39. The molecule has 2 rings (SSSR count). The molecule has 1 aromatic rings. The molecule has 0 aromatic heterocycles. The normalized spacial score (nSPS) is 19.9. The molecule has 1 saturated heterocycles. The number of nitrogens with two attached hydrogens (primary N) is 1. The van der Waals surface area contributed by atoms with Crippen molar-refractivity contribution in [2.24, 2.45) is 0 Å². The lowest BCUT2D eigenvalue weighted by molar-refractivity contribution is 0.0527. The molecule has 1 atom stereocenters. The number of likely N-dealkylation sites (N-methyl/N-ethyl adjacent to an activating group) is 1. The summed E-state index contributed by atoms with van der Waals surface area (Å²) in [4.78, 5) is 16.6. The number of nitrogen functional groups attached to an aromatic ring is 1. The number of anilines is 2. The van der Waals surface area contributed by atoms with Crippen molar-refractivity contribution >= 4 is 17.3 Å². The molecule has 20 heavy (non-hydrogen) atoms. The third kappa shape index (κ3) is 3.04. The number of benzene rings is 1. The first-order valence-electron chi connectivity index (χ1n) is 7.04. The molecule has 1 unspecified atom stereocenters. The Morgan fingerprint density at radius 2 is 2.20 bits per heavy atom. The van der Waals surface area contributed by atoms with Crippen molar-refractivity contribution in [1.82, 2.24) is 4.90 Å². The van der Waals surface area contributed by atoms with Gasteiger partial charge in [0, 0.05) is 31.4 Å². The van der Waals surface area contributed by atoms with Crippen LogP contribution in [0.5, 0.6) is 0 Å². The molecule has 1 fully saturated rings. The highest BCUT2D eigenvalue weighted by atomic mass is 16.5. The minimum atomic E-state index is -0.304. The molecule has 1 aromatic carbocycles. The van der Waals surface area contributed by atoms with Crippen molar-refractivity contribution in [3.05, 3.63) is 23.8 Å². The van der Waals surface area contributed by atoms with Crippen molar-refractivity contribution in [1.29, 1.82) is 0 Å². The lowest BCUT2D eigenvalue weighted by Crippen LogP contribution is -2.50. The second-order valence-electron chi connectivity index (χ2n) is 5.27. The number of carbonyl (C=O) groups excluding carboxylic acids is 1. The van der Waals surface area contributed by atoms with Gasteiger partial charge in [0.05, 0.1) is 17.9 Å². The van der Waals surface area contributed by atoms with Crippen LogP contribution in [0.3, 0.4) is 0 Å². The second-order valence-corrected chi connectivity index (χ2v) is 5.27. The summed E-state index contributed by atoms with van der Waals surface area (Å²) in [5.41, 5.74) is 7.86. The third-order valence-corrected chi connectivity index (χ3v) is 3.82. The van der Waals surface area contributed by atoms with E-state index in [1.54, 1.807) is 6.07 Å². The number of piperazine rings is 1. The van der Waals surface area contributed by atoms with E-state index in [1.165, 1.54) is 0 Å². The van der Waals surface area contributed by atoms with Crippen LogP contribution >= 0.6 is 0 Å². The van der Waals surface area contributed by atoms with E-state index in [2.05, 4.69) is 23.8 Å². The van der Waals surface area contributed by atoms with E-state index in [0.29, 0.717) is 23.9 Å². The maximum atomic E-state index is 12.1. The molecule has 110 valence electrons. The maximum absolute atomic E-state index is 12.1. The van der Waals surface area contributed by atoms with Gasteiger partial charge >= 0.3 is 5.97 Å². The molecule has 0 amide bonds. The predicted molar refractivity (Wildman–Crippen MR) is 81.1 cm³/mol. The van der Waals surface area contributed by atoms with Gasteiger partial charge in [-0.1, -0.05) is 0 Å². The topological polar surface area (TPSA) is 58.8 Å². The Bertz CT molecular complexity index is 490. The number of nitrogens with zero attached hydrogens (tertiary/aromatic N) is 2. The highest BCUT2D eigenvalue weighted by molar-refractivity contribution is 5.97. The van der Waals surface area contributed by atoms with E-state index in [1.807, 2.05) is 19.1 Å². The number of rotatable bonds is 3. The van der Waals surface area contributed by atoms with Crippen LogP contribution in [-0.4, -0.2) is 50.2 Å². The van der Waals surface area contributed by atoms with Crippen LogP contribution in [0.2, 0.25) is 0 Å². The van der Waals surface area contributed by atoms with E-state index in [9.17, 15) is 4.79 Å². The molecule has 0 aliphatic carbocycles. The highest BCUT2D eigenvalue weighted by Gasteiger charge is 2.24. The van der Waals surface area contributed by atoms with Crippen LogP contribution in [0.25, 0.3) is 0 Å². The zero-order chi connectivity index (χ0) is 14.7. The van der Waals surface area contributed by atoms with Crippen LogP contribution in [0, 0.1) is 0 Å². The lowest BCUT2D eigenvalue weighted by atomic mass is 10.1. The Labute approximate surface area is 120 Å². The number of ether oxygens (including phenoxy) is 1. The Morgan fingerprint density at radius 1 is 1.45 bits per heavy atom. The summed E-state index contributed by atoms with van der Waals surface area (Å²) in [6.07, 6.45) is 0. The van der Waals surface area contributed by atoms with E-state index in [-0.39, 0.29) is 5.97 Å². The first-order chi connectivity index (χ1) is 9.52. The van der Waals surface area contributed by atoms with Crippen LogP contribution in [0.1, 0.15) is 24.2 Å². The summed E-state index contributed by atoms with van der Waals surface area (Å²) >= 11 is 0. The maximum Gasteiger partial charge on any atom is 0.340 e. The van der Waals surface area contributed by atoms with Crippen molar-refractivity contribution in [3.8, 4) is 0 Å². The smallest absolute Gasteiger partial charge is 0.340 e. The number of hydrogen-bond acceptors (Lipinski definition) is 5. The summed E-state index contributed by atoms with van der Waals surface area (Å²) in [5.74, 6) is -0.304. The van der Waals surface area contributed by atoms with Gasteiger partial charge in [-0.15, -0.1) is 0 Å². The van der Waals surface area contributed by atoms with Crippen molar-refractivity contribution in [3.63, 3.8) is 0 Å². The Kier molecular flexibility index (Phi) is 4.49. The molecule has 0 saturated carbocycles. The van der Waals surface area contributed by atoms with Crippen molar-refractivity contribution in [2.45, 2.75) is 19.9 Å². The van der Waals surface area contributed by atoms with Gasteiger partial charge < -0.3 is 20.3 Å². The standard InChI is InChI=1S/C15H23N3O2/c1-4-20-15(19)13-9-12(16)5-6-14(13)18-8-7-17(3)11(2)10-18/h5-6,9,11H,4,7-8,10,16H2,1-3H3. The molecule has 0 bridgehead atoms. The molecule has 0 spiro atoms. The SMILES string of the molecule is CCOC(=O)c1cc(N)ccc1N1CCN(C)C(C)C1. The molecular formula is C15H23N3O2. The van der Waals surface area contributed by atoms with Crippen LogP contribution in [0.4, 0.5) is 11.4 Å². The fourth-order valence-electron chi connectivity index (χ4n) is 2.47. The average Bonchev–Trinajstić information content (AvgIpc) is 2.42. The first-order valence-corrected chi connectivity index (χ1v) is 7.04. The van der Waals surface area contributed by atoms with Crippen LogP contribution in [-0.2, 0) is 4.74 Å². The number of hydrogen-bond donors (Lipinski definition) is 1. The fourth-order valence-corrected chi connectivity index (χ4v) is 2.47. The van der Waals surface area contributed by atoms with Gasteiger partial charge in [-0.3, -0.25) is 0 Å². The number of carbonyl (C=O) groups is 1. The highest BCUT2D eigenvalue weighted by Crippen LogP contribution is 2.26. The summed E-state index contributed by atoms with van der Waals surface area (Å²) in [7, 11) is 2.12. The minimum absolute atomic E-state index is 0.304. The zero-order valence-electron chi connectivity index (χ0n) is 12.4. The Morgan fingerprint density at radius 3 is 2.85 bits per heavy atom. The molecule has 0 radical (unpaired) electrons. The van der Waals surface area contributed by atoms with E-state index in [0.717, 1.165) is 25.3 Å². The van der Waals surface area contributed by atoms with E-state index >= 15 is 0 Å².